The van der Waals surface area contributed by atoms with Crippen molar-refractivity contribution in [3.63, 3.8) is 0 Å². The number of aromatic nitrogens is 2. The number of aryl methyl sites for hydroxylation is 3. The molecule has 1 aromatic heterocycles. The van der Waals surface area contributed by atoms with Gasteiger partial charge in [-0.3, -0.25) is 4.79 Å². The van der Waals surface area contributed by atoms with Crippen LogP contribution in [0.25, 0.3) is 0 Å². The lowest BCUT2D eigenvalue weighted by Crippen LogP contribution is -2.26. The SMILES string of the molecule is COc1ccc(CCC(=O)NCCc2nc(C)c3c(n2)CCC3)cc1O. The van der Waals surface area contributed by atoms with Gasteiger partial charge in [0.2, 0.25) is 5.91 Å². The van der Waals surface area contributed by atoms with Crippen LogP contribution in [0.4, 0.5) is 0 Å². The fourth-order valence-corrected chi connectivity index (χ4v) is 3.35. The maximum absolute atomic E-state index is 12.0. The Morgan fingerprint density at radius 2 is 2.12 bits per heavy atom. The molecule has 1 aromatic carbocycles. The minimum atomic E-state index is -0.0156. The number of carbonyl (C=O) groups is 1. The Morgan fingerprint density at radius 1 is 1.27 bits per heavy atom. The number of carbonyl (C=O) groups excluding carboxylic acids is 1. The molecular weight excluding hydrogens is 330 g/mol. The molecule has 0 saturated heterocycles. The van der Waals surface area contributed by atoms with Crippen LogP contribution in [0.3, 0.4) is 0 Å². The summed E-state index contributed by atoms with van der Waals surface area (Å²) < 4.78 is 5.02. The van der Waals surface area contributed by atoms with Gasteiger partial charge in [0.15, 0.2) is 11.5 Å². The van der Waals surface area contributed by atoms with E-state index in [-0.39, 0.29) is 11.7 Å². The molecule has 0 spiro atoms. The smallest absolute Gasteiger partial charge is 0.220 e. The predicted molar refractivity (Wildman–Crippen MR) is 98.5 cm³/mol. The molecule has 0 atom stereocenters. The number of rotatable bonds is 7. The molecule has 0 unspecified atom stereocenters. The first-order valence-electron chi connectivity index (χ1n) is 9.04. The van der Waals surface area contributed by atoms with Crippen molar-refractivity contribution >= 4 is 5.91 Å². The average Bonchev–Trinajstić information content (AvgIpc) is 3.09. The monoisotopic (exact) mass is 355 g/mol. The number of benzene rings is 1. The zero-order valence-electron chi connectivity index (χ0n) is 15.3. The number of ether oxygens (including phenoxy) is 1. The Bertz CT molecular complexity index is 805. The molecule has 6 nitrogen and oxygen atoms in total. The summed E-state index contributed by atoms with van der Waals surface area (Å²) in [6.07, 6.45) is 4.86. The molecule has 0 radical (unpaired) electrons. The third kappa shape index (κ3) is 4.31. The van der Waals surface area contributed by atoms with Crippen molar-refractivity contribution in [1.29, 1.82) is 0 Å². The van der Waals surface area contributed by atoms with Gasteiger partial charge in [-0.25, -0.2) is 9.97 Å². The van der Waals surface area contributed by atoms with Gasteiger partial charge >= 0.3 is 0 Å². The molecule has 1 aliphatic rings. The summed E-state index contributed by atoms with van der Waals surface area (Å²) in [5.41, 5.74) is 4.46. The molecule has 138 valence electrons. The number of amides is 1. The predicted octanol–water partition coefficient (Wildman–Crippen LogP) is 2.28. The van der Waals surface area contributed by atoms with Gasteiger partial charge in [0.05, 0.1) is 7.11 Å². The number of nitrogens with zero attached hydrogens (tertiary/aromatic N) is 2. The molecule has 1 heterocycles. The lowest BCUT2D eigenvalue weighted by atomic mass is 10.1. The van der Waals surface area contributed by atoms with Gasteiger partial charge in [-0.1, -0.05) is 6.07 Å². The van der Waals surface area contributed by atoms with E-state index >= 15 is 0 Å². The third-order valence-corrected chi connectivity index (χ3v) is 4.74. The van der Waals surface area contributed by atoms with Crippen LogP contribution in [0, 0.1) is 6.92 Å². The molecule has 2 aromatic rings. The molecule has 3 rings (SSSR count). The molecule has 6 heteroatoms. The Hall–Kier alpha value is -2.63. The third-order valence-electron chi connectivity index (χ3n) is 4.74. The van der Waals surface area contributed by atoms with E-state index < -0.39 is 0 Å². The standard InChI is InChI=1S/C20H25N3O3/c1-13-15-4-3-5-16(15)23-19(22-13)10-11-21-20(25)9-7-14-6-8-18(26-2)17(24)12-14/h6,8,12,24H,3-5,7,9-11H2,1-2H3,(H,21,25). The van der Waals surface area contributed by atoms with Crippen LogP contribution >= 0.6 is 0 Å². The second kappa shape index (κ2) is 8.17. The van der Waals surface area contributed by atoms with Gasteiger partial charge < -0.3 is 15.2 Å². The topological polar surface area (TPSA) is 84.3 Å². The summed E-state index contributed by atoms with van der Waals surface area (Å²) in [5.74, 6) is 1.32. The van der Waals surface area contributed by atoms with Gasteiger partial charge in [0.1, 0.15) is 5.82 Å². The number of phenolic OH excluding ortho intramolecular Hbond substituents is 1. The Morgan fingerprint density at radius 3 is 2.88 bits per heavy atom. The van der Waals surface area contributed by atoms with Gasteiger partial charge in [0, 0.05) is 30.8 Å². The maximum atomic E-state index is 12.0. The van der Waals surface area contributed by atoms with Crippen molar-refractivity contribution < 1.29 is 14.6 Å². The summed E-state index contributed by atoms with van der Waals surface area (Å²) in [7, 11) is 1.51. The lowest BCUT2D eigenvalue weighted by Gasteiger charge is -2.09. The van der Waals surface area contributed by atoms with E-state index in [1.54, 1.807) is 12.1 Å². The van der Waals surface area contributed by atoms with E-state index in [0.717, 1.165) is 36.3 Å². The second-order valence-electron chi connectivity index (χ2n) is 6.61. The molecular formula is C20H25N3O3. The first-order chi connectivity index (χ1) is 12.6. The van der Waals surface area contributed by atoms with Crippen LogP contribution in [0.5, 0.6) is 11.5 Å². The van der Waals surface area contributed by atoms with E-state index in [4.69, 9.17) is 4.74 Å². The summed E-state index contributed by atoms with van der Waals surface area (Å²) in [4.78, 5) is 21.2. The average molecular weight is 355 g/mol. The van der Waals surface area contributed by atoms with E-state index in [1.165, 1.54) is 18.4 Å². The molecule has 0 bridgehead atoms. The molecule has 0 saturated carbocycles. The second-order valence-corrected chi connectivity index (χ2v) is 6.61. The number of nitrogens with one attached hydrogen (secondary N) is 1. The lowest BCUT2D eigenvalue weighted by molar-refractivity contribution is -0.121. The molecule has 1 aliphatic carbocycles. The Labute approximate surface area is 153 Å². The quantitative estimate of drug-likeness (QED) is 0.796. The normalized spacial score (nSPS) is 12.7. The minimum Gasteiger partial charge on any atom is -0.504 e. The van der Waals surface area contributed by atoms with Crippen LogP contribution in [0.15, 0.2) is 18.2 Å². The summed E-state index contributed by atoms with van der Waals surface area (Å²) in [6.45, 7) is 2.57. The summed E-state index contributed by atoms with van der Waals surface area (Å²) in [6, 6.07) is 5.19. The summed E-state index contributed by atoms with van der Waals surface area (Å²) in [5, 5.41) is 12.7. The van der Waals surface area contributed by atoms with Crippen molar-refractivity contribution in [1.82, 2.24) is 15.3 Å². The van der Waals surface area contributed by atoms with E-state index in [2.05, 4.69) is 15.3 Å². The van der Waals surface area contributed by atoms with Crippen molar-refractivity contribution in [2.24, 2.45) is 0 Å². The Kier molecular flexibility index (Phi) is 5.71. The van der Waals surface area contributed by atoms with Crippen LogP contribution < -0.4 is 10.1 Å². The molecule has 2 N–H and O–H groups in total. The van der Waals surface area contributed by atoms with E-state index in [9.17, 15) is 9.90 Å². The maximum Gasteiger partial charge on any atom is 0.220 e. The number of hydrogen-bond acceptors (Lipinski definition) is 5. The number of methoxy groups -OCH3 is 1. The molecule has 1 amide bonds. The number of fused-ring (bicyclic) bond motifs is 1. The molecule has 0 aliphatic heterocycles. The highest BCUT2D eigenvalue weighted by Crippen LogP contribution is 2.26. The molecule has 26 heavy (non-hydrogen) atoms. The zero-order chi connectivity index (χ0) is 18.5. The number of phenols is 1. The van der Waals surface area contributed by atoms with Crippen LogP contribution in [-0.2, 0) is 30.5 Å². The van der Waals surface area contributed by atoms with Crippen LogP contribution in [-0.4, -0.2) is 34.6 Å². The largest absolute Gasteiger partial charge is 0.504 e. The Balaban J connectivity index is 1.45. The highest BCUT2D eigenvalue weighted by atomic mass is 16.5. The molecule has 0 fully saturated rings. The fraction of sp³-hybridized carbons (Fsp3) is 0.450. The fourth-order valence-electron chi connectivity index (χ4n) is 3.35. The van der Waals surface area contributed by atoms with Crippen molar-refractivity contribution in [2.45, 2.75) is 45.4 Å². The first kappa shape index (κ1) is 18.2. The van der Waals surface area contributed by atoms with Crippen LogP contribution in [0.1, 0.15) is 41.2 Å². The highest BCUT2D eigenvalue weighted by Gasteiger charge is 2.16. The van der Waals surface area contributed by atoms with Gasteiger partial charge in [-0.15, -0.1) is 0 Å². The van der Waals surface area contributed by atoms with Gasteiger partial charge in [-0.05, 0) is 55.9 Å². The van der Waals surface area contributed by atoms with Crippen LogP contribution in [0.2, 0.25) is 0 Å². The number of hydrogen-bond donors (Lipinski definition) is 2. The minimum absolute atomic E-state index is 0.0156. The van der Waals surface area contributed by atoms with Crippen molar-refractivity contribution in [3.05, 3.63) is 46.5 Å². The first-order valence-corrected chi connectivity index (χ1v) is 9.04. The zero-order valence-corrected chi connectivity index (χ0v) is 15.3. The van der Waals surface area contributed by atoms with Crippen molar-refractivity contribution in [3.8, 4) is 11.5 Å². The van der Waals surface area contributed by atoms with Gasteiger partial charge in [0.25, 0.3) is 0 Å². The highest BCUT2D eigenvalue weighted by molar-refractivity contribution is 5.76. The van der Waals surface area contributed by atoms with E-state index in [0.29, 0.717) is 31.6 Å². The number of aromatic hydroxyl groups is 1. The van der Waals surface area contributed by atoms with Crippen molar-refractivity contribution in [2.75, 3.05) is 13.7 Å². The van der Waals surface area contributed by atoms with E-state index in [1.807, 2.05) is 13.0 Å². The van der Waals surface area contributed by atoms with Gasteiger partial charge in [-0.2, -0.15) is 0 Å². The summed E-state index contributed by atoms with van der Waals surface area (Å²) >= 11 is 0.